The number of rotatable bonds is 7. The van der Waals surface area contributed by atoms with E-state index in [1.54, 1.807) is 7.11 Å². The fourth-order valence-corrected chi connectivity index (χ4v) is 0.966. The van der Waals surface area contributed by atoms with Gasteiger partial charge in [-0.2, -0.15) is 0 Å². The Morgan fingerprint density at radius 1 is 1.55 bits per heavy atom. The van der Waals surface area contributed by atoms with Crippen molar-refractivity contribution in [2.75, 3.05) is 13.7 Å². The van der Waals surface area contributed by atoms with Crippen LogP contribution >= 0.6 is 0 Å². The van der Waals surface area contributed by atoms with Gasteiger partial charge in [0.25, 0.3) is 0 Å². The molecule has 11 heavy (non-hydrogen) atoms. The van der Waals surface area contributed by atoms with Crippen molar-refractivity contribution in [1.82, 2.24) is 0 Å². The minimum atomic E-state index is 0.322. The first-order valence-electron chi connectivity index (χ1n) is 4.16. The van der Waals surface area contributed by atoms with Crippen molar-refractivity contribution in [2.24, 2.45) is 5.73 Å². The molecule has 2 N–H and O–H groups in total. The molecule has 0 aliphatic carbocycles. The van der Waals surface area contributed by atoms with Crippen molar-refractivity contribution in [3.63, 3.8) is 0 Å². The second-order valence-electron chi connectivity index (χ2n) is 2.76. The summed E-state index contributed by atoms with van der Waals surface area (Å²) in [6.45, 7) is 4.47. The minimum Gasteiger partial charge on any atom is -0.385 e. The third-order valence-corrected chi connectivity index (χ3v) is 1.66. The number of allylic oxidation sites excluding steroid dienone is 1. The van der Waals surface area contributed by atoms with Crippen molar-refractivity contribution in [2.45, 2.75) is 31.7 Å². The van der Waals surface area contributed by atoms with Crippen LogP contribution in [0.1, 0.15) is 25.7 Å². The number of hydrogen-bond acceptors (Lipinski definition) is 2. The summed E-state index contributed by atoms with van der Waals surface area (Å²) in [5.74, 6) is 0. The highest BCUT2D eigenvalue weighted by Gasteiger charge is 1.99. The maximum atomic E-state index is 5.80. The molecular formula is C9H19NO. The van der Waals surface area contributed by atoms with Gasteiger partial charge in [-0.05, 0) is 25.7 Å². The maximum Gasteiger partial charge on any atom is 0.0462 e. The van der Waals surface area contributed by atoms with Crippen LogP contribution in [0.4, 0.5) is 0 Å². The predicted molar refractivity (Wildman–Crippen MR) is 48.5 cm³/mol. The molecule has 0 aromatic heterocycles. The van der Waals surface area contributed by atoms with E-state index in [1.807, 2.05) is 6.08 Å². The van der Waals surface area contributed by atoms with E-state index in [0.29, 0.717) is 6.04 Å². The normalized spacial score (nSPS) is 12.9. The van der Waals surface area contributed by atoms with Crippen LogP contribution in [0.2, 0.25) is 0 Å². The highest BCUT2D eigenvalue weighted by Crippen LogP contribution is 2.02. The van der Waals surface area contributed by atoms with Crippen molar-refractivity contribution in [1.29, 1.82) is 0 Å². The summed E-state index contributed by atoms with van der Waals surface area (Å²) in [7, 11) is 1.72. The van der Waals surface area contributed by atoms with E-state index in [0.717, 1.165) is 32.3 Å². The lowest BCUT2D eigenvalue weighted by molar-refractivity contribution is 0.190. The Morgan fingerprint density at radius 3 is 2.82 bits per heavy atom. The van der Waals surface area contributed by atoms with E-state index in [2.05, 4.69) is 6.58 Å². The topological polar surface area (TPSA) is 35.2 Å². The standard InChI is InChI=1S/C9H19NO/c1-3-4-6-9(10)7-5-8-11-2/h3,9H,1,4-8,10H2,2H3. The van der Waals surface area contributed by atoms with Crippen LogP contribution in [-0.4, -0.2) is 19.8 Å². The van der Waals surface area contributed by atoms with Crippen molar-refractivity contribution in [3.8, 4) is 0 Å². The summed E-state index contributed by atoms with van der Waals surface area (Å²) in [5.41, 5.74) is 5.80. The summed E-state index contributed by atoms with van der Waals surface area (Å²) in [6, 6.07) is 0.322. The Hall–Kier alpha value is -0.340. The van der Waals surface area contributed by atoms with Crippen LogP contribution in [0.5, 0.6) is 0 Å². The zero-order chi connectivity index (χ0) is 8.53. The van der Waals surface area contributed by atoms with E-state index >= 15 is 0 Å². The van der Waals surface area contributed by atoms with Gasteiger partial charge < -0.3 is 10.5 Å². The first kappa shape index (κ1) is 10.7. The van der Waals surface area contributed by atoms with E-state index < -0.39 is 0 Å². The first-order valence-corrected chi connectivity index (χ1v) is 4.16. The molecule has 1 unspecified atom stereocenters. The maximum absolute atomic E-state index is 5.80. The molecule has 0 heterocycles. The minimum absolute atomic E-state index is 0.322. The molecule has 0 radical (unpaired) electrons. The molecule has 0 amide bonds. The van der Waals surface area contributed by atoms with Crippen LogP contribution in [0, 0.1) is 0 Å². The predicted octanol–water partition coefficient (Wildman–Crippen LogP) is 1.71. The lowest BCUT2D eigenvalue weighted by atomic mass is 10.1. The number of nitrogens with two attached hydrogens (primary N) is 1. The highest BCUT2D eigenvalue weighted by molar-refractivity contribution is 4.71. The smallest absolute Gasteiger partial charge is 0.0462 e. The monoisotopic (exact) mass is 157 g/mol. The summed E-state index contributed by atoms with van der Waals surface area (Å²) >= 11 is 0. The van der Waals surface area contributed by atoms with E-state index in [-0.39, 0.29) is 0 Å². The molecule has 0 saturated heterocycles. The Morgan fingerprint density at radius 2 is 2.27 bits per heavy atom. The Labute approximate surface area is 69.4 Å². The van der Waals surface area contributed by atoms with Crippen LogP contribution < -0.4 is 5.73 Å². The molecule has 0 saturated carbocycles. The van der Waals surface area contributed by atoms with Crippen LogP contribution in [0.15, 0.2) is 12.7 Å². The summed E-state index contributed by atoms with van der Waals surface area (Å²) in [6.07, 6.45) is 6.11. The van der Waals surface area contributed by atoms with E-state index in [1.165, 1.54) is 0 Å². The summed E-state index contributed by atoms with van der Waals surface area (Å²) in [4.78, 5) is 0. The quantitative estimate of drug-likeness (QED) is 0.451. The van der Waals surface area contributed by atoms with E-state index in [4.69, 9.17) is 10.5 Å². The number of hydrogen-bond donors (Lipinski definition) is 1. The van der Waals surface area contributed by atoms with Gasteiger partial charge in [-0.1, -0.05) is 6.08 Å². The zero-order valence-electron chi connectivity index (χ0n) is 7.38. The third kappa shape index (κ3) is 7.56. The van der Waals surface area contributed by atoms with Crippen LogP contribution in [-0.2, 0) is 4.74 Å². The van der Waals surface area contributed by atoms with Crippen LogP contribution in [0.3, 0.4) is 0 Å². The van der Waals surface area contributed by atoms with Crippen molar-refractivity contribution < 1.29 is 4.74 Å². The molecule has 1 atom stereocenters. The van der Waals surface area contributed by atoms with Crippen LogP contribution in [0.25, 0.3) is 0 Å². The molecule has 0 fully saturated rings. The molecule has 0 aliphatic rings. The van der Waals surface area contributed by atoms with Gasteiger partial charge >= 0.3 is 0 Å². The molecular weight excluding hydrogens is 138 g/mol. The molecule has 0 bridgehead atoms. The van der Waals surface area contributed by atoms with Gasteiger partial charge in [-0.3, -0.25) is 0 Å². The van der Waals surface area contributed by atoms with Gasteiger partial charge in [0.1, 0.15) is 0 Å². The summed E-state index contributed by atoms with van der Waals surface area (Å²) < 4.78 is 4.92. The molecule has 66 valence electrons. The van der Waals surface area contributed by atoms with Gasteiger partial charge in [0, 0.05) is 19.8 Å². The molecule has 0 rings (SSSR count). The van der Waals surface area contributed by atoms with Gasteiger partial charge in [-0.15, -0.1) is 6.58 Å². The summed E-state index contributed by atoms with van der Waals surface area (Å²) in [5, 5.41) is 0. The van der Waals surface area contributed by atoms with Gasteiger partial charge in [0.2, 0.25) is 0 Å². The van der Waals surface area contributed by atoms with Gasteiger partial charge in [0.05, 0.1) is 0 Å². The molecule has 0 aliphatic heterocycles. The van der Waals surface area contributed by atoms with Gasteiger partial charge in [-0.25, -0.2) is 0 Å². The third-order valence-electron chi connectivity index (χ3n) is 1.66. The average molecular weight is 157 g/mol. The highest BCUT2D eigenvalue weighted by atomic mass is 16.5. The number of methoxy groups -OCH3 is 1. The molecule has 2 heteroatoms. The van der Waals surface area contributed by atoms with E-state index in [9.17, 15) is 0 Å². The lowest BCUT2D eigenvalue weighted by Crippen LogP contribution is -2.19. The molecule has 0 spiro atoms. The average Bonchev–Trinajstić information content (AvgIpc) is 2.01. The molecule has 0 aromatic rings. The Balaban J connectivity index is 3.08. The zero-order valence-corrected chi connectivity index (χ0v) is 7.38. The SMILES string of the molecule is C=CCCC(N)CCCOC. The fourth-order valence-electron chi connectivity index (χ4n) is 0.966. The molecule has 0 aromatic carbocycles. The second kappa shape index (κ2) is 7.76. The second-order valence-corrected chi connectivity index (χ2v) is 2.76. The molecule has 2 nitrogen and oxygen atoms in total. The Bertz CT molecular complexity index is 93.6. The van der Waals surface area contributed by atoms with Crippen molar-refractivity contribution >= 4 is 0 Å². The number of ether oxygens (including phenoxy) is 1. The van der Waals surface area contributed by atoms with Crippen molar-refractivity contribution in [3.05, 3.63) is 12.7 Å². The van der Waals surface area contributed by atoms with Gasteiger partial charge in [0.15, 0.2) is 0 Å². The largest absolute Gasteiger partial charge is 0.385 e. The Kier molecular flexibility index (Phi) is 7.52. The fraction of sp³-hybridized carbons (Fsp3) is 0.778. The first-order chi connectivity index (χ1) is 5.31. The lowest BCUT2D eigenvalue weighted by Gasteiger charge is -2.08.